The highest BCUT2D eigenvalue weighted by Gasteiger charge is 2.27. The second kappa shape index (κ2) is 5.83. The zero-order chi connectivity index (χ0) is 12.3. The van der Waals surface area contributed by atoms with Crippen LogP contribution < -0.4 is 10.6 Å². The average molecular weight is 298 g/mol. The van der Waals surface area contributed by atoms with E-state index in [0.717, 1.165) is 23.5 Å². The van der Waals surface area contributed by atoms with Crippen molar-refractivity contribution in [1.82, 2.24) is 4.98 Å². The van der Waals surface area contributed by atoms with Crippen LogP contribution in [0.4, 0.5) is 5.69 Å². The summed E-state index contributed by atoms with van der Waals surface area (Å²) in [6.45, 7) is 4.10. The first-order valence-corrected chi connectivity index (χ1v) is 7.11. The monoisotopic (exact) mass is 297 g/mol. The summed E-state index contributed by atoms with van der Waals surface area (Å²) in [6, 6.07) is 2.53. The van der Waals surface area contributed by atoms with Crippen molar-refractivity contribution in [2.24, 2.45) is 11.7 Å². The van der Waals surface area contributed by atoms with E-state index in [1.807, 2.05) is 12.4 Å². The molecular formula is C13H20BrN3. The van der Waals surface area contributed by atoms with Crippen molar-refractivity contribution < 1.29 is 0 Å². The van der Waals surface area contributed by atoms with Gasteiger partial charge in [-0.3, -0.25) is 4.98 Å². The van der Waals surface area contributed by atoms with Gasteiger partial charge < -0.3 is 10.6 Å². The second-order valence-electron chi connectivity index (χ2n) is 4.71. The fourth-order valence-corrected chi connectivity index (χ4v) is 3.12. The van der Waals surface area contributed by atoms with Gasteiger partial charge in [-0.05, 0) is 40.8 Å². The van der Waals surface area contributed by atoms with E-state index in [4.69, 9.17) is 5.73 Å². The third-order valence-electron chi connectivity index (χ3n) is 3.73. The minimum Gasteiger partial charge on any atom is -0.366 e. The van der Waals surface area contributed by atoms with E-state index in [2.05, 4.69) is 38.8 Å². The van der Waals surface area contributed by atoms with Gasteiger partial charge in [0.15, 0.2) is 0 Å². The van der Waals surface area contributed by atoms with Gasteiger partial charge in [-0.1, -0.05) is 13.3 Å². The van der Waals surface area contributed by atoms with Gasteiger partial charge in [0.1, 0.15) is 0 Å². The SMILES string of the molecule is CCC1CCN(c2ccncc2Br)C(CN)C1. The molecule has 1 aliphatic heterocycles. The molecule has 2 atom stereocenters. The van der Waals surface area contributed by atoms with Crippen molar-refractivity contribution >= 4 is 21.6 Å². The first-order chi connectivity index (χ1) is 8.26. The fraction of sp³-hybridized carbons (Fsp3) is 0.615. The minimum absolute atomic E-state index is 0.465. The van der Waals surface area contributed by atoms with Crippen LogP contribution in [-0.4, -0.2) is 24.1 Å². The van der Waals surface area contributed by atoms with Crippen LogP contribution in [0.5, 0.6) is 0 Å². The van der Waals surface area contributed by atoms with Gasteiger partial charge >= 0.3 is 0 Å². The van der Waals surface area contributed by atoms with E-state index in [1.54, 1.807) is 0 Å². The summed E-state index contributed by atoms with van der Waals surface area (Å²) in [5, 5.41) is 0. The lowest BCUT2D eigenvalue weighted by atomic mass is 9.88. The molecule has 0 aromatic carbocycles. The topological polar surface area (TPSA) is 42.2 Å². The summed E-state index contributed by atoms with van der Waals surface area (Å²) in [7, 11) is 0. The number of rotatable bonds is 3. The van der Waals surface area contributed by atoms with Gasteiger partial charge in [-0.15, -0.1) is 0 Å². The van der Waals surface area contributed by atoms with Crippen LogP contribution in [0.2, 0.25) is 0 Å². The van der Waals surface area contributed by atoms with Gasteiger partial charge in [0.25, 0.3) is 0 Å². The molecule has 0 saturated carbocycles. The number of nitrogens with zero attached hydrogens (tertiary/aromatic N) is 2. The standard InChI is InChI=1S/C13H20BrN3/c1-2-10-4-6-17(11(7-10)8-15)13-3-5-16-9-12(13)14/h3,5,9-11H,2,4,6-8,15H2,1H3. The number of hydrogen-bond acceptors (Lipinski definition) is 3. The number of hydrogen-bond donors (Lipinski definition) is 1. The Hall–Kier alpha value is -0.610. The molecule has 2 rings (SSSR count). The van der Waals surface area contributed by atoms with Crippen molar-refractivity contribution in [2.75, 3.05) is 18.0 Å². The molecule has 0 spiro atoms. The van der Waals surface area contributed by atoms with Gasteiger partial charge in [0.2, 0.25) is 0 Å². The molecule has 0 aliphatic carbocycles. The number of pyridine rings is 1. The van der Waals surface area contributed by atoms with E-state index in [0.29, 0.717) is 6.04 Å². The zero-order valence-electron chi connectivity index (χ0n) is 10.3. The summed E-state index contributed by atoms with van der Waals surface area (Å²) in [5.74, 6) is 0.834. The van der Waals surface area contributed by atoms with Gasteiger partial charge in [0.05, 0.1) is 10.2 Å². The Balaban J connectivity index is 2.18. The molecule has 1 fully saturated rings. The van der Waals surface area contributed by atoms with E-state index in [9.17, 15) is 0 Å². The maximum absolute atomic E-state index is 5.93. The summed E-state index contributed by atoms with van der Waals surface area (Å²) < 4.78 is 1.06. The molecule has 2 N–H and O–H groups in total. The zero-order valence-corrected chi connectivity index (χ0v) is 11.9. The molecule has 0 amide bonds. The molecule has 0 radical (unpaired) electrons. The molecule has 3 nitrogen and oxygen atoms in total. The van der Waals surface area contributed by atoms with Crippen molar-refractivity contribution in [2.45, 2.75) is 32.2 Å². The van der Waals surface area contributed by atoms with Crippen molar-refractivity contribution in [3.05, 3.63) is 22.9 Å². The van der Waals surface area contributed by atoms with Gasteiger partial charge in [0, 0.05) is 31.5 Å². The molecule has 1 aliphatic rings. The Morgan fingerprint density at radius 3 is 3.06 bits per heavy atom. The summed E-state index contributed by atoms with van der Waals surface area (Å²) in [6.07, 6.45) is 7.44. The Morgan fingerprint density at radius 2 is 2.41 bits per heavy atom. The third kappa shape index (κ3) is 2.80. The maximum atomic E-state index is 5.93. The van der Waals surface area contributed by atoms with Crippen LogP contribution in [0.15, 0.2) is 22.9 Å². The summed E-state index contributed by atoms with van der Waals surface area (Å²) >= 11 is 3.58. The fourth-order valence-electron chi connectivity index (χ4n) is 2.65. The Kier molecular flexibility index (Phi) is 4.40. The number of anilines is 1. The van der Waals surface area contributed by atoms with Crippen LogP contribution in [0, 0.1) is 5.92 Å². The highest BCUT2D eigenvalue weighted by molar-refractivity contribution is 9.10. The summed E-state index contributed by atoms with van der Waals surface area (Å²) in [5.41, 5.74) is 7.15. The number of halogens is 1. The van der Waals surface area contributed by atoms with Crippen LogP contribution in [0.25, 0.3) is 0 Å². The first-order valence-electron chi connectivity index (χ1n) is 6.32. The van der Waals surface area contributed by atoms with Crippen LogP contribution in [-0.2, 0) is 0 Å². The van der Waals surface area contributed by atoms with Gasteiger partial charge in [-0.2, -0.15) is 0 Å². The molecule has 1 aromatic rings. The Morgan fingerprint density at radius 1 is 1.59 bits per heavy atom. The first kappa shape index (κ1) is 12.8. The van der Waals surface area contributed by atoms with E-state index >= 15 is 0 Å². The predicted octanol–water partition coefficient (Wildman–Crippen LogP) is 2.80. The predicted molar refractivity (Wildman–Crippen MR) is 75.1 cm³/mol. The lowest BCUT2D eigenvalue weighted by molar-refractivity contribution is 0.335. The van der Waals surface area contributed by atoms with E-state index < -0.39 is 0 Å². The summed E-state index contributed by atoms with van der Waals surface area (Å²) in [4.78, 5) is 6.55. The number of aromatic nitrogens is 1. The molecule has 4 heteroatoms. The lowest BCUT2D eigenvalue weighted by Gasteiger charge is -2.40. The third-order valence-corrected chi connectivity index (χ3v) is 4.35. The van der Waals surface area contributed by atoms with Crippen LogP contribution >= 0.6 is 15.9 Å². The minimum atomic E-state index is 0.465. The highest BCUT2D eigenvalue weighted by atomic mass is 79.9. The van der Waals surface area contributed by atoms with Crippen molar-refractivity contribution in [3.8, 4) is 0 Å². The van der Waals surface area contributed by atoms with Crippen molar-refractivity contribution in [3.63, 3.8) is 0 Å². The van der Waals surface area contributed by atoms with Crippen LogP contribution in [0.1, 0.15) is 26.2 Å². The molecule has 1 saturated heterocycles. The normalized spacial score (nSPS) is 25.0. The number of nitrogens with two attached hydrogens (primary N) is 1. The number of piperidine rings is 1. The second-order valence-corrected chi connectivity index (χ2v) is 5.56. The smallest absolute Gasteiger partial charge is 0.0592 e. The molecule has 1 aromatic heterocycles. The average Bonchev–Trinajstić information content (AvgIpc) is 2.38. The molecule has 2 unspecified atom stereocenters. The molecule has 17 heavy (non-hydrogen) atoms. The van der Waals surface area contributed by atoms with E-state index in [1.165, 1.54) is 24.9 Å². The Bertz CT molecular complexity index is 369. The Labute approximate surface area is 112 Å². The molecular weight excluding hydrogens is 278 g/mol. The molecule has 2 heterocycles. The quantitative estimate of drug-likeness (QED) is 0.933. The van der Waals surface area contributed by atoms with Crippen molar-refractivity contribution in [1.29, 1.82) is 0 Å². The van der Waals surface area contributed by atoms with Gasteiger partial charge in [-0.25, -0.2) is 0 Å². The lowest BCUT2D eigenvalue weighted by Crippen LogP contribution is -2.46. The largest absolute Gasteiger partial charge is 0.366 e. The van der Waals surface area contributed by atoms with Crippen LogP contribution in [0.3, 0.4) is 0 Å². The highest BCUT2D eigenvalue weighted by Crippen LogP contribution is 2.33. The molecule has 94 valence electrons. The van der Waals surface area contributed by atoms with E-state index in [-0.39, 0.29) is 0 Å². The molecule has 0 bridgehead atoms. The maximum Gasteiger partial charge on any atom is 0.0592 e.